The van der Waals surface area contributed by atoms with Crippen LogP contribution in [0.1, 0.15) is 40.5 Å². The van der Waals surface area contributed by atoms with Gasteiger partial charge in [-0.1, -0.05) is 27.2 Å². The van der Waals surface area contributed by atoms with Crippen LogP contribution in [0.4, 0.5) is 0 Å². The number of hydrogen-bond acceptors (Lipinski definition) is 3. The minimum Gasteiger partial charge on any atom is -0.300 e. The quantitative estimate of drug-likeness (QED) is 0.673. The average molecular weight is 250 g/mol. The van der Waals surface area contributed by atoms with Gasteiger partial charge in [-0.05, 0) is 26.4 Å². The zero-order valence-electron chi connectivity index (χ0n) is 11.0. The molecule has 1 N–H and O–H groups in total. The third kappa shape index (κ3) is 6.45. The van der Waals surface area contributed by atoms with Crippen LogP contribution in [0.3, 0.4) is 0 Å². The first-order valence-corrected chi connectivity index (χ1v) is 7.83. The number of hydrogen-bond donors (Lipinski definition) is 1. The predicted octanol–water partition coefficient (Wildman–Crippen LogP) is 1.44. The summed E-state index contributed by atoms with van der Waals surface area (Å²) in [6.45, 7) is 10.6. The van der Waals surface area contributed by atoms with Crippen molar-refractivity contribution in [2.75, 3.05) is 25.4 Å². The van der Waals surface area contributed by atoms with Crippen LogP contribution in [0, 0.1) is 0 Å². The van der Waals surface area contributed by atoms with Crippen molar-refractivity contribution in [1.82, 2.24) is 9.62 Å². The molecule has 16 heavy (non-hydrogen) atoms. The summed E-state index contributed by atoms with van der Waals surface area (Å²) >= 11 is 0. The molecule has 0 rings (SSSR count). The molecule has 0 amide bonds. The molecule has 0 aromatic heterocycles. The van der Waals surface area contributed by atoms with E-state index in [0.717, 1.165) is 25.9 Å². The van der Waals surface area contributed by atoms with Crippen LogP contribution in [0.15, 0.2) is 0 Å². The zero-order chi connectivity index (χ0) is 12.6. The van der Waals surface area contributed by atoms with Crippen molar-refractivity contribution in [3.05, 3.63) is 0 Å². The normalized spacial score (nSPS) is 14.3. The van der Waals surface area contributed by atoms with Crippen molar-refractivity contribution >= 4 is 10.0 Å². The summed E-state index contributed by atoms with van der Waals surface area (Å²) in [5.74, 6) is 0.245. The van der Waals surface area contributed by atoms with Gasteiger partial charge in [0.1, 0.15) is 0 Å². The topological polar surface area (TPSA) is 49.4 Å². The van der Waals surface area contributed by atoms with Gasteiger partial charge in [0.05, 0.1) is 5.75 Å². The summed E-state index contributed by atoms with van der Waals surface area (Å²) in [6, 6.07) is 0.256. The summed E-state index contributed by atoms with van der Waals surface area (Å²) in [4.78, 5) is 2.24. The average Bonchev–Trinajstić information content (AvgIpc) is 2.25. The molecule has 0 aliphatic carbocycles. The Morgan fingerprint density at radius 3 is 2.19 bits per heavy atom. The minimum absolute atomic E-state index is 0.245. The molecule has 0 bridgehead atoms. The molecule has 0 heterocycles. The Balaban J connectivity index is 4.03. The van der Waals surface area contributed by atoms with E-state index in [4.69, 9.17) is 0 Å². The molecule has 0 saturated carbocycles. The molecule has 0 saturated heterocycles. The third-order valence-corrected chi connectivity index (χ3v) is 4.23. The lowest BCUT2D eigenvalue weighted by atomic mass is 10.3. The summed E-state index contributed by atoms with van der Waals surface area (Å²) in [7, 11) is -3.07. The highest BCUT2D eigenvalue weighted by Crippen LogP contribution is 1.99. The second-order valence-electron chi connectivity index (χ2n) is 4.09. The lowest BCUT2D eigenvalue weighted by Gasteiger charge is -2.26. The van der Waals surface area contributed by atoms with E-state index in [1.54, 1.807) is 0 Å². The number of likely N-dealkylation sites (N-methyl/N-ethyl adjacent to an activating group) is 1. The molecule has 98 valence electrons. The summed E-state index contributed by atoms with van der Waals surface area (Å²) < 4.78 is 25.8. The fourth-order valence-corrected chi connectivity index (χ4v) is 2.94. The van der Waals surface area contributed by atoms with Gasteiger partial charge in [-0.25, -0.2) is 13.1 Å². The first-order chi connectivity index (χ1) is 7.46. The zero-order valence-corrected chi connectivity index (χ0v) is 11.8. The van der Waals surface area contributed by atoms with Crippen LogP contribution in [0.5, 0.6) is 0 Å². The van der Waals surface area contributed by atoms with Gasteiger partial charge in [0.15, 0.2) is 0 Å². The molecule has 1 unspecified atom stereocenters. The van der Waals surface area contributed by atoms with Gasteiger partial charge < -0.3 is 0 Å². The van der Waals surface area contributed by atoms with Gasteiger partial charge >= 0.3 is 0 Å². The summed E-state index contributed by atoms with van der Waals surface area (Å²) in [6.07, 6.45) is 1.64. The highest BCUT2D eigenvalue weighted by Gasteiger charge is 2.14. The van der Waals surface area contributed by atoms with Crippen LogP contribution in [-0.4, -0.2) is 44.7 Å². The SMILES string of the molecule is CCCCS(=O)(=O)NCC(C)N(CC)CC. The molecule has 0 aromatic carbocycles. The van der Waals surface area contributed by atoms with E-state index in [2.05, 4.69) is 30.4 Å². The lowest BCUT2D eigenvalue weighted by molar-refractivity contribution is 0.232. The first kappa shape index (κ1) is 15.9. The maximum atomic E-state index is 11.6. The maximum absolute atomic E-state index is 11.6. The fourth-order valence-electron chi connectivity index (χ4n) is 1.63. The smallest absolute Gasteiger partial charge is 0.211 e. The van der Waals surface area contributed by atoms with E-state index < -0.39 is 10.0 Å². The monoisotopic (exact) mass is 250 g/mol. The van der Waals surface area contributed by atoms with Gasteiger partial charge in [-0.3, -0.25) is 4.90 Å². The summed E-state index contributed by atoms with van der Waals surface area (Å²) in [5, 5.41) is 0. The minimum atomic E-state index is -3.07. The number of sulfonamides is 1. The van der Waals surface area contributed by atoms with E-state index in [1.165, 1.54) is 0 Å². The van der Waals surface area contributed by atoms with Gasteiger partial charge in [0.2, 0.25) is 10.0 Å². The second kappa shape index (κ2) is 8.03. The number of rotatable bonds is 9. The molecule has 4 nitrogen and oxygen atoms in total. The van der Waals surface area contributed by atoms with Crippen molar-refractivity contribution in [3.8, 4) is 0 Å². The molecule has 1 atom stereocenters. The molecule has 0 aromatic rings. The van der Waals surface area contributed by atoms with Crippen LogP contribution >= 0.6 is 0 Å². The molecule has 0 fully saturated rings. The van der Waals surface area contributed by atoms with Crippen LogP contribution in [-0.2, 0) is 10.0 Å². The van der Waals surface area contributed by atoms with Crippen LogP contribution in [0.25, 0.3) is 0 Å². The molecular weight excluding hydrogens is 224 g/mol. The Morgan fingerprint density at radius 1 is 1.19 bits per heavy atom. The number of unbranched alkanes of at least 4 members (excludes halogenated alkanes) is 1. The molecule has 0 radical (unpaired) electrons. The van der Waals surface area contributed by atoms with Crippen molar-refractivity contribution in [2.45, 2.75) is 46.6 Å². The highest BCUT2D eigenvalue weighted by molar-refractivity contribution is 7.89. The molecule has 0 aliphatic rings. The van der Waals surface area contributed by atoms with Gasteiger partial charge in [-0.15, -0.1) is 0 Å². The Hall–Kier alpha value is -0.130. The Bertz CT molecular complexity index is 261. The molecule has 0 aliphatic heterocycles. The highest BCUT2D eigenvalue weighted by atomic mass is 32.2. The lowest BCUT2D eigenvalue weighted by Crippen LogP contribution is -2.42. The molecule has 0 spiro atoms. The largest absolute Gasteiger partial charge is 0.300 e. The first-order valence-electron chi connectivity index (χ1n) is 6.18. The number of nitrogens with one attached hydrogen (secondary N) is 1. The van der Waals surface area contributed by atoms with E-state index in [0.29, 0.717) is 6.54 Å². The standard InChI is InChI=1S/C11H26N2O2S/c1-5-8-9-16(14,15)12-10-11(4)13(6-2)7-3/h11-12H,5-10H2,1-4H3. The van der Waals surface area contributed by atoms with Crippen LogP contribution < -0.4 is 4.72 Å². The van der Waals surface area contributed by atoms with Crippen molar-refractivity contribution < 1.29 is 8.42 Å². The van der Waals surface area contributed by atoms with Crippen molar-refractivity contribution in [1.29, 1.82) is 0 Å². The van der Waals surface area contributed by atoms with Gasteiger partial charge in [-0.2, -0.15) is 0 Å². The van der Waals surface area contributed by atoms with E-state index in [-0.39, 0.29) is 11.8 Å². The van der Waals surface area contributed by atoms with Gasteiger partial charge in [0, 0.05) is 12.6 Å². The van der Waals surface area contributed by atoms with E-state index in [9.17, 15) is 8.42 Å². The molecule has 5 heteroatoms. The maximum Gasteiger partial charge on any atom is 0.211 e. The fraction of sp³-hybridized carbons (Fsp3) is 1.00. The Labute approximate surface area is 100 Å². The third-order valence-electron chi connectivity index (χ3n) is 2.80. The number of nitrogens with zero attached hydrogens (tertiary/aromatic N) is 1. The van der Waals surface area contributed by atoms with Crippen molar-refractivity contribution in [2.24, 2.45) is 0 Å². The Morgan fingerprint density at radius 2 is 1.75 bits per heavy atom. The molecular formula is C11H26N2O2S. The second-order valence-corrected chi connectivity index (χ2v) is 6.02. The van der Waals surface area contributed by atoms with Crippen molar-refractivity contribution in [3.63, 3.8) is 0 Å². The van der Waals surface area contributed by atoms with E-state index >= 15 is 0 Å². The summed E-state index contributed by atoms with van der Waals surface area (Å²) in [5.41, 5.74) is 0. The van der Waals surface area contributed by atoms with E-state index in [1.807, 2.05) is 6.92 Å². The Kier molecular flexibility index (Phi) is 7.97. The predicted molar refractivity (Wildman–Crippen MR) is 69.1 cm³/mol. The van der Waals surface area contributed by atoms with Gasteiger partial charge in [0.25, 0.3) is 0 Å². The van der Waals surface area contributed by atoms with Crippen LogP contribution in [0.2, 0.25) is 0 Å².